The van der Waals surface area contributed by atoms with Crippen molar-refractivity contribution in [3.05, 3.63) is 72.6 Å². The molecule has 0 aliphatic heterocycles. The molecule has 2 amide bonds. The fraction of sp³-hybridized carbons (Fsp3) is 0.136. The lowest BCUT2D eigenvalue weighted by Crippen LogP contribution is -2.36. The molecule has 0 fully saturated rings. The molecule has 0 saturated carbocycles. The fourth-order valence-electron chi connectivity index (χ4n) is 3.14. The number of hydrogen-bond donors (Lipinski definition) is 2. The van der Waals surface area contributed by atoms with Gasteiger partial charge < -0.3 is 15.2 Å². The lowest BCUT2D eigenvalue weighted by molar-refractivity contribution is -0.122. The lowest BCUT2D eigenvalue weighted by Gasteiger charge is -2.10. The molecular weight excluding hydrogens is 421 g/mol. The van der Waals surface area contributed by atoms with Gasteiger partial charge in [-0.3, -0.25) is 4.40 Å². The first-order valence-electron chi connectivity index (χ1n) is 9.62. The number of hydrogen-bond acceptors (Lipinski definition) is 3. The first kappa shape index (κ1) is 21.2. The van der Waals surface area contributed by atoms with E-state index in [4.69, 9.17) is 0 Å². The van der Waals surface area contributed by atoms with Gasteiger partial charge in [0.25, 0.3) is 0 Å². The number of aromatic nitrogens is 4. The molecule has 164 valence electrons. The Labute approximate surface area is 181 Å². The number of rotatable bonds is 5. The van der Waals surface area contributed by atoms with Crippen LogP contribution in [0.25, 0.3) is 29.1 Å². The van der Waals surface area contributed by atoms with Gasteiger partial charge in [-0.15, -0.1) is 0 Å². The van der Waals surface area contributed by atoms with E-state index in [2.05, 4.69) is 15.3 Å². The molecule has 3 aromatic heterocycles. The second-order valence-electron chi connectivity index (χ2n) is 7.10. The molecule has 7 nitrogen and oxygen atoms in total. The fourth-order valence-corrected chi connectivity index (χ4v) is 3.14. The number of halogens is 3. The van der Waals surface area contributed by atoms with Crippen molar-refractivity contribution in [2.45, 2.75) is 6.18 Å². The highest BCUT2D eigenvalue weighted by molar-refractivity contribution is 5.90. The minimum Gasteiger partial charge on any atom is -0.334 e. The van der Waals surface area contributed by atoms with Crippen LogP contribution >= 0.6 is 0 Å². The molecular formula is C22H19F3N6O. The maximum absolute atomic E-state index is 12.3. The first-order chi connectivity index (χ1) is 15.3. The minimum atomic E-state index is -4.47. The Kier molecular flexibility index (Phi) is 5.67. The molecule has 0 radical (unpaired) electrons. The Bertz CT molecular complexity index is 1290. The van der Waals surface area contributed by atoms with Gasteiger partial charge in [0.1, 0.15) is 12.2 Å². The number of carbonyl (C=O) groups excluding carboxylic acids is 1. The highest BCUT2D eigenvalue weighted by atomic mass is 19.4. The number of urea groups is 1. The molecule has 10 heteroatoms. The second-order valence-corrected chi connectivity index (χ2v) is 7.10. The largest absolute Gasteiger partial charge is 0.405 e. The second kappa shape index (κ2) is 8.58. The molecule has 0 bridgehead atoms. The Balaban J connectivity index is 1.52. The zero-order valence-corrected chi connectivity index (χ0v) is 17.0. The van der Waals surface area contributed by atoms with Crippen LogP contribution in [0, 0.1) is 0 Å². The van der Waals surface area contributed by atoms with Crippen LogP contribution in [0.3, 0.4) is 0 Å². The highest BCUT2D eigenvalue weighted by Crippen LogP contribution is 2.24. The van der Waals surface area contributed by atoms with Gasteiger partial charge in [-0.25, -0.2) is 14.8 Å². The van der Waals surface area contributed by atoms with Gasteiger partial charge in [0.2, 0.25) is 0 Å². The molecule has 0 atom stereocenters. The molecule has 2 N–H and O–H groups in total. The SMILES string of the molecule is Cn1cncc1/C=C\c1ccn2c(-c3cccc(NC(=O)NCC(F)(F)F)c3)cnc2c1. The lowest BCUT2D eigenvalue weighted by atomic mass is 10.1. The summed E-state index contributed by atoms with van der Waals surface area (Å²) in [6.45, 7) is -1.40. The van der Waals surface area contributed by atoms with Crippen molar-refractivity contribution in [1.29, 1.82) is 0 Å². The van der Waals surface area contributed by atoms with E-state index < -0.39 is 18.8 Å². The standard InChI is InChI=1S/C22H19F3N6O/c1-30-14-26-11-18(30)6-5-15-7-8-31-19(12-27-20(31)9-15)16-3-2-4-17(10-16)29-21(32)28-13-22(23,24)25/h2-12,14H,13H2,1H3,(H2,28,29,32)/b6-5-. The molecule has 0 unspecified atom stereocenters. The van der Waals surface area contributed by atoms with Crippen LogP contribution in [-0.2, 0) is 7.05 Å². The third-order valence-corrected chi connectivity index (χ3v) is 4.70. The molecule has 0 aliphatic rings. The van der Waals surface area contributed by atoms with Crippen molar-refractivity contribution >= 4 is 29.5 Å². The highest BCUT2D eigenvalue weighted by Gasteiger charge is 2.27. The van der Waals surface area contributed by atoms with Gasteiger partial charge in [0.15, 0.2) is 0 Å². The third-order valence-electron chi connectivity index (χ3n) is 4.70. The number of nitrogens with one attached hydrogen (secondary N) is 2. The molecule has 4 aromatic rings. The van der Waals surface area contributed by atoms with Crippen molar-refractivity contribution in [2.24, 2.45) is 7.05 Å². The minimum absolute atomic E-state index is 0.368. The normalized spacial score (nSPS) is 11.9. The van der Waals surface area contributed by atoms with Gasteiger partial charge >= 0.3 is 12.2 Å². The molecule has 0 spiro atoms. The first-order valence-corrected chi connectivity index (χ1v) is 9.62. The summed E-state index contributed by atoms with van der Waals surface area (Å²) in [6.07, 6.45) is 6.54. The van der Waals surface area contributed by atoms with Gasteiger partial charge in [-0.2, -0.15) is 13.2 Å². The van der Waals surface area contributed by atoms with Gasteiger partial charge in [-0.1, -0.05) is 18.2 Å². The van der Waals surface area contributed by atoms with Crippen LogP contribution < -0.4 is 10.6 Å². The summed E-state index contributed by atoms with van der Waals surface area (Å²) < 4.78 is 40.6. The zero-order chi connectivity index (χ0) is 22.7. The number of pyridine rings is 1. The van der Waals surface area contributed by atoms with Crippen molar-refractivity contribution in [1.82, 2.24) is 24.3 Å². The quantitative estimate of drug-likeness (QED) is 0.477. The number of benzene rings is 1. The van der Waals surface area contributed by atoms with E-state index in [1.807, 2.05) is 52.6 Å². The average molecular weight is 440 g/mol. The van der Waals surface area contributed by atoms with E-state index in [9.17, 15) is 18.0 Å². The number of aryl methyl sites for hydroxylation is 1. The van der Waals surface area contributed by atoms with Crippen molar-refractivity contribution in [3.63, 3.8) is 0 Å². The molecule has 0 saturated heterocycles. The van der Waals surface area contributed by atoms with Crippen LogP contribution in [0.2, 0.25) is 0 Å². The van der Waals surface area contributed by atoms with E-state index in [1.54, 1.807) is 42.2 Å². The Morgan fingerprint density at radius 3 is 2.75 bits per heavy atom. The predicted molar refractivity (Wildman–Crippen MR) is 116 cm³/mol. The summed E-state index contributed by atoms with van der Waals surface area (Å²) >= 11 is 0. The van der Waals surface area contributed by atoms with Crippen LogP contribution in [-0.4, -0.2) is 37.7 Å². The smallest absolute Gasteiger partial charge is 0.334 e. The van der Waals surface area contributed by atoms with Crippen molar-refractivity contribution in [2.75, 3.05) is 11.9 Å². The van der Waals surface area contributed by atoms with Crippen LogP contribution in [0.1, 0.15) is 11.3 Å². The number of fused-ring (bicyclic) bond motifs is 1. The Hall–Kier alpha value is -4.08. The van der Waals surface area contributed by atoms with Crippen molar-refractivity contribution < 1.29 is 18.0 Å². The number of alkyl halides is 3. The summed E-state index contributed by atoms with van der Waals surface area (Å²) in [6, 6.07) is 9.76. The van der Waals surface area contributed by atoms with Crippen LogP contribution in [0.4, 0.5) is 23.7 Å². The molecule has 32 heavy (non-hydrogen) atoms. The van der Waals surface area contributed by atoms with E-state index in [0.717, 1.165) is 28.2 Å². The molecule has 3 heterocycles. The Morgan fingerprint density at radius 1 is 1.16 bits per heavy atom. The average Bonchev–Trinajstić information content (AvgIpc) is 3.36. The zero-order valence-electron chi connectivity index (χ0n) is 17.0. The summed E-state index contributed by atoms with van der Waals surface area (Å²) in [5, 5.41) is 4.19. The maximum atomic E-state index is 12.3. The number of amides is 2. The summed E-state index contributed by atoms with van der Waals surface area (Å²) in [7, 11) is 1.92. The monoisotopic (exact) mass is 440 g/mol. The van der Waals surface area contributed by atoms with Crippen molar-refractivity contribution in [3.8, 4) is 11.3 Å². The van der Waals surface area contributed by atoms with Crippen LogP contribution in [0.5, 0.6) is 0 Å². The number of nitrogens with zero attached hydrogens (tertiary/aromatic N) is 4. The Morgan fingerprint density at radius 2 is 2.00 bits per heavy atom. The summed E-state index contributed by atoms with van der Waals surface area (Å²) in [5.74, 6) is 0. The van der Waals surface area contributed by atoms with Gasteiger partial charge in [0, 0.05) is 24.5 Å². The van der Waals surface area contributed by atoms with E-state index in [-0.39, 0.29) is 0 Å². The number of anilines is 1. The topological polar surface area (TPSA) is 76.2 Å². The molecule has 1 aromatic carbocycles. The maximum Gasteiger partial charge on any atom is 0.405 e. The van der Waals surface area contributed by atoms with Crippen LogP contribution in [0.15, 0.2) is 61.3 Å². The van der Waals surface area contributed by atoms with Gasteiger partial charge in [0.05, 0.1) is 30.1 Å². The van der Waals surface area contributed by atoms with E-state index >= 15 is 0 Å². The predicted octanol–water partition coefficient (Wildman–Crippen LogP) is 4.59. The molecule has 4 rings (SSSR count). The number of imidazole rings is 2. The van der Waals surface area contributed by atoms with E-state index in [0.29, 0.717) is 5.69 Å². The summed E-state index contributed by atoms with van der Waals surface area (Å²) in [5.41, 5.74) is 4.57. The molecule has 0 aliphatic carbocycles. The summed E-state index contributed by atoms with van der Waals surface area (Å²) in [4.78, 5) is 20.3. The number of carbonyl (C=O) groups is 1. The third kappa shape index (κ3) is 4.97. The van der Waals surface area contributed by atoms with E-state index in [1.165, 1.54) is 0 Å². The van der Waals surface area contributed by atoms with Gasteiger partial charge in [-0.05, 0) is 35.9 Å².